The minimum absolute atomic E-state index is 0.284. The summed E-state index contributed by atoms with van der Waals surface area (Å²) < 4.78 is 12.8. The molecule has 3 nitrogen and oxygen atoms in total. The summed E-state index contributed by atoms with van der Waals surface area (Å²) >= 11 is 0. The molecule has 0 aliphatic carbocycles. The molecule has 0 spiro atoms. The molecule has 3 N–H and O–H groups in total. The Kier molecular flexibility index (Phi) is 8.61. The van der Waals surface area contributed by atoms with Crippen LogP contribution in [-0.2, 0) is 6.42 Å². The largest absolute Gasteiger partial charge is 0.343 e. The van der Waals surface area contributed by atoms with Crippen LogP contribution < -0.4 is 0 Å². The molecule has 0 radical (unpaired) electrons. The lowest BCUT2D eigenvalue weighted by Crippen LogP contribution is -2.37. The maximum atomic E-state index is 12.8. The Labute approximate surface area is 132 Å². The Morgan fingerprint density at radius 1 is 0.909 bits per heavy atom. The van der Waals surface area contributed by atoms with Crippen molar-refractivity contribution in [2.24, 2.45) is 5.92 Å². The molecule has 0 aliphatic rings. The lowest BCUT2D eigenvalue weighted by Gasteiger charge is -2.26. The van der Waals surface area contributed by atoms with Crippen LogP contribution in [0.25, 0.3) is 0 Å². The highest BCUT2D eigenvalue weighted by Gasteiger charge is 2.31. The zero-order chi connectivity index (χ0) is 16.4. The van der Waals surface area contributed by atoms with Gasteiger partial charge in [0.05, 0.1) is 0 Å². The lowest BCUT2D eigenvalue weighted by atomic mass is 9.91. The van der Waals surface area contributed by atoms with Gasteiger partial charge in [-0.3, -0.25) is 0 Å². The van der Waals surface area contributed by atoms with Crippen LogP contribution in [0.2, 0.25) is 0 Å². The lowest BCUT2D eigenvalue weighted by molar-refractivity contribution is -0.343. The second-order valence-corrected chi connectivity index (χ2v) is 6.11. The molecule has 0 fully saturated rings. The maximum Gasteiger partial charge on any atom is 0.278 e. The van der Waals surface area contributed by atoms with Crippen LogP contribution in [-0.4, -0.2) is 21.3 Å². The SMILES string of the molecule is CCCCCCCCC(CCc1ccc(F)cc1)C(O)(O)O. The van der Waals surface area contributed by atoms with E-state index in [1.165, 1.54) is 31.4 Å². The van der Waals surface area contributed by atoms with Gasteiger partial charge in [0.15, 0.2) is 0 Å². The van der Waals surface area contributed by atoms with Crippen LogP contribution >= 0.6 is 0 Å². The summed E-state index contributed by atoms with van der Waals surface area (Å²) in [5.41, 5.74) is 0.929. The first-order valence-corrected chi connectivity index (χ1v) is 8.35. The number of hydrogen-bond donors (Lipinski definition) is 3. The van der Waals surface area contributed by atoms with E-state index in [9.17, 15) is 19.7 Å². The molecule has 0 saturated heterocycles. The van der Waals surface area contributed by atoms with Crippen molar-refractivity contribution in [2.45, 2.75) is 70.7 Å². The first kappa shape index (κ1) is 19.1. The summed E-state index contributed by atoms with van der Waals surface area (Å²) in [6, 6.07) is 6.15. The zero-order valence-corrected chi connectivity index (χ0v) is 13.5. The molecule has 0 saturated carbocycles. The van der Waals surface area contributed by atoms with E-state index < -0.39 is 11.9 Å². The Morgan fingerprint density at radius 3 is 2.09 bits per heavy atom. The molecule has 126 valence electrons. The highest BCUT2D eigenvalue weighted by molar-refractivity contribution is 5.16. The summed E-state index contributed by atoms with van der Waals surface area (Å²) in [5.74, 6) is -3.50. The third-order valence-corrected chi connectivity index (χ3v) is 4.15. The predicted molar refractivity (Wildman–Crippen MR) is 85.6 cm³/mol. The van der Waals surface area contributed by atoms with E-state index in [2.05, 4.69) is 6.92 Å². The van der Waals surface area contributed by atoms with Gasteiger partial charge in [-0.2, -0.15) is 0 Å². The third-order valence-electron chi connectivity index (χ3n) is 4.15. The number of benzene rings is 1. The molecular weight excluding hydrogens is 283 g/mol. The molecule has 0 aliphatic heterocycles. The second-order valence-electron chi connectivity index (χ2n) is 6.11. The van der Waals surface area contributed by atoms with Crippen molar-refractivity contribution in [3.63, 3.8) is 0 Å². The molecule has 22 heavy (non-hydrogen) atoms. The zero-order valence-electron chi connectivity index (χ0n) is 13.5. The summed E-state index contributed by atoms with van der Waals surface area (Å²) in [5, 5.41) is 28.5. The first-order valence-electron chi connectivity index (χ1n) is 8.35. The fraction of sp³-hybridized carbons (Fsp3) is 0.667. The number of aryl methyl sites for hydroxylation is 1. The number of unbranched alkanes of at least 4 members (excludes halogenated alkanes) is 5. The molecule has 0 aromatic heterocycles. The molecule has 1 rings (SSSR count). The average Bonchev–Trinajstić information content (AvgIpc) is 2.46. The topological polar surface area (TPSA) is 60.7 Å². The van der Waals surface area contributed by atoms with Gasteiger partial charge in [-0.05, 0) is 37.0 Å². The van der Waals surface area contributed by atoms with Gasteiger partial charge < -0.3 is 15.3 Å². The van der Waals surface area contributed by atoms with E-state index in [0.29, 0.717) is 19.3 Å². The van der Waals surface area contributed by atoms with Gasteiger partial charge >= 0.3 is 0 Å². The van der Waals surface area contributed by atoms with Crippen LogP contribution in [0, 0.1) is 11.7 Å². The molecule has 1 atom stereocenters. The Bertz CT molecular complexity index is 398. The fourth-order valence-electron chi connectivity index (χ4n) is 2.69. The molecule has 1 aromatic rings. The molecule has 1 aromatic carbocycles. The van der Waals surface area contributed by atoms with Crippen molar-refractivity contribution in [3.05, 3.63) is 35.6 Å². The third kappa shape index (κ3) is 7.87. The van der Waals surface area contributed by atoms with E-state index in [1.807, 2.05) is 0 Å². The Morgan fingerprint density at radius 2 is 1.50 bits per heavy atom. The minimum Gasteiger partial charge on any atom is -0.343 e. The van der Waals surface area contributed by atoms with Crippen molar-refractivity contribution >= 4 is 0 Å². The van der Waals surface area contributed by atoms with Gasteiger partial charge in [-0.1, -0.05) is 57.6 Å². The van der Waals surface area contributed by atoms with E-state index >= 15 is 0 Å². The highest BCUT2D eigenvalue weighted by atomic mass is 19.1. The number of rotatable bonds is 11. The fourth-order valence-corrected chi connectivity index (χ4v) is 2.69. The van der Waals surface area contributed by atoms with Crippen LogP contribution in [0.4, 0.5) is 4.39 Å². The smallest absolute Gasteiger partial charge is 0.278 e. The van der Waals surface area contributed by atoms with Gasteiger partial charge in [0, 0.05) is 5.92 Å². The quantitative estimate of drug-likeness (QED) is 0.431. The van der Waals surface area contributed by atoms with Crippen molar-refractivity contribution in [3.8, 4) is 0 Å². The molecule has 0 heterocycles. The van der Waals surface area contributed by atoms with E-state index in [4.69, 9.17) is 0 Å². The summed E-state index contributed by atoms with van der Waals surface area (Å²) in [4.78, 5) is 0. The summed E-state index contributed by atoms with van der Waals surface area (Å²) in [7, 11) is 0. The van der Waals surface area contributed by atoms with Gasteiger partial charge in [0.2, 0.25) is 0 Å². The van der Waals surface area contributed by atoms with E-state index in [-0.39, 0.29) is 5.82 Å². The molecule has 0 bridgehead atoms. The number of halogens is 1. The van der Waals surface area contributed by atoms with Crippen molar-refractivity contribution in [2.75, 3.05) is 0 Å². The average molecular weight is 312 g/mol. The number of aliphatic hydroxyl groups is 3. The predicted octanol–water partition coefficient (Wildman–Crippen LogP) is 3.76. The monoisotopic (exact) mass is 312 g/mol. The highest BCUT2D eigenvalue weighted by Crippen LogP contribution is 2.25. The van der Waals surface area contributed by atoms with E-state index in [0.717, 1.165) is 24.8 Å². The second kappa shape index (κ2) is 9.93. The van der Waals surface area contributed by atoms with Crippen LogP contribution in [0.15, 0.2) is 24.3 Å². The van der Waals surface area contributed by atoms with Crippen LogP contribution in [0.3, 0.4) is 0 Å². The normalized spacial score (nSPS) is 13.3. The standard InChI is InChI=1S/C18H29FO3/c1-2-3-4-5-6-7-8-16(18(20,21)22)12-9-15-10-13-17(19)14-11-15/h10-11,13-14,16,20-22H,2-9,12H2,1H3. The summed E-state index contributed by atoms with van der Waals surface area (Å²) in [6.45, 7) is 2.17. The van der Waals surface area contributed by atoms with Crippen LogP contribution in [0.1, 0.15) is 63.9 Å². The van der Waals surface area contributed by atoms with Crippen molar-refractivity contribution < 1.29 is 19.7 Å². The molecule has 4 heteroatoms. The van der Waals surface area contributed by atoms with Gasteiger partial charge in [0.1, 0.15) is 5.82 Å². The first-order chi connectivity index (χ1) is 10.4. The molecule has 1 unspecified atom stereocenters. The van der Waals surface area contributed by atoms with Crippen molar-refractivity contribution in [1.82, 2.24) is 0 Å². The number of hydrogen-bond acceptors (Lipinski definition) is 3. The minimum atomic E-state index is -2.64. The van der Waals surface area contributed by atoms with Crippen molar-refractivity contribution in [1.29, 1.82) is 0 Å². The Hall–Kier alpha value is -0.970. The van der Waals surface area contributed by atoms with Gasteiger partial charge in [-0.25, -0.2) is 4.39 Å². The maximum absolute atomic E-state index is 12.8. The Balaban J connectivity index is 2.36. The van der Waals surface area contributed by atoms with Gasteiger partial charge in [0.25, 0.3) is 5.97 Å². The molecular formula is C18H29FO3. The molecule has 0 amide bonds. The van der Waals surface area contributed by atoms with Crippen LogP contribution in [0.5, 0.6) is 0 Å². The summed E-state index contributed by atoms with van der Waals surface area (Å²) in [6.07, 6.45) is 8.34. The van der Waals surface area contributed by atoms with E-state index in [1.54, 1.807) is 12.1 Å². The van der Waals surface area contributed by atoms with Gasteiger partial charge in [-0.15, -0.1) is 0 Å².